The van der Waals surface area contributed by atoms with Crippen LogP contribution in [0.15, 0.2) is 28.2 Å². The molecule has 2 rings (SSSR count). The number of thiazole rings is 1. The van der Waals surface area contributed by atoms with Crippen molar-refractivity contribution in [1.29, 1.82) is 0 Å². The minimum atomic E-state index is -1.09. The Bertz CT molecular complexity index is 523. The minimum absolute atomic E-state index is 0.0416. The van der Waals surface area contributed by atoms with Crippen molar-refractivity contribution in [2.75, 3.05) is 5.32 Å². The van der Waals surface area contributed by atoms with E-state index >= 15 is 0 Å². The van der Waals surface area contributed by atoms with Gasteiger partial charge in [-0.15, -0.1) is 11.3 Å². The number of carbonyl (C=O) groups is 1. The Morgan fingerprint density at radius 2 is 2.44 bits per heavy atom. The lowest BCUT2D eigenvalue weighted by atomic mass is 10.2. The normalized spacial score (nSPS) is 14.1. The molecule has 0 saturated heterocycles. The van der Waals surface area contributed by atoms with Crippen molar-refractivity contribution in [2.24, 2.45) is 5.73 Å². The summed E-state index contributed by atoms with van der Waals surface area (Å²) in [5.41, 5.74) is 5.82. The van der Waals surface area contributed by atoms with Gasteiger partial charge in [0.2, 0.25) is 0 Å². The highest BCUT2D eigenvalue weighted by atomic mass is 32.1. The van der Waals surface area contributed by atoms with Gasteiger partial charge in [0.1, 0.15) is 11.8 Å². The predicted molar refractivity (Wildman–Crippen MR) is 67.4 cm³/mol. The lowest BCUT2D eigenvalue weighted by Gasteiger charge is -2.09. The number of furan rings is 1. The van der Waals surface area contributed by atoms with Crippen LogP contribution in [-0.2, 0) is 4.79 Å². The topological polar surface area (TPSA) is 101 Å². The Balaban J connectivity index is 2.05. The number of nitrogens with zero attached hydrogens (tertiary/aromatic N) is 1. The molecule has 0 bridgehead atoms. The Labute approximate surface area is 107 Å². The van der Waals surface area contributed by atoms with Gasteiger partial charge in [-0.3, -0.25) is 4.79 Å². The average molecular weight is 267 g/mol. The Morgan fingerprint density at radius 3 is 3.06 bits per heavy atom. The van der Waals surface area contributed by atoms with Gasteiger partial charge in [0.25, 0.3) is 0 Å². The van der Waals surface area contributed by atoms with Gasteiger partial charge in [-0.1, -0.05) is 0 Å². The molecule has 2 aromatic rings. The summed E-state index contributed by atoms with van der Waals surface area (Å²) < 4.78 is 5.26. The maximum absolute atomic E-state index is 10.7. The van der Waals surface area contributed by atoms with Crippen LogP contribution in [0, 0.1) is 0 Å². The quantitative estimate of drug-likeness (QED) is 0.765. The Kier molecular flexibility index (Phi) is 3.63. The minimum Gasteiger partial charge on any atom is -0.480 e. The number of hydrogen-bond donors (Lipinski definition) is 3. The number of nitrogens with two attached hydrogens (primary N) is 1. The first-order chi connectivity index (χ1) is 8.58. The zero-order valence-corrected chi connectivity index (χ0v) is 10.5. The number of rotatable bonds is 5. The number of anilines is 1. The molecule has 96 valence electrons. The first-order valence-electron chi connectivity index (χ1n) is 5.31. The fourth-order valence-electron chi connectivity index (χ4n) is 1.42. The van der Waals surface area contributed by atoms with Crippen LogP contribution in [0.2, 0.25) is 0 Å². The summed E-state index contributed by atoms with van der Waals surface area (Å²) >= 11 is 1.31. The molecule has 0 saturated carbocycles. The number of carboxylic acid groups (broad SMARTS) is 1. The van der Waals surface area contributed by atoms with Crippen LogP contribution in [-0.4, -0.2) is 16.1 Å². The van der Waals surface area contributed by atoms with E-state index in [-0.39, 0.29) is 6.04 Å². The maximum atomic E-state index is 10.7. The van der Waals surface area contributed by atoms with Crippen LogP contribution in [0.1, 0.15) is 30.5 Å². The fourth-order valence-corrected chi connectivity index (χ4v) is 2.25. The second kappa shape index (κ2) is 5.19. The molecule has 0 aromatic carbocycles. The SMILES string of the molecule is CC(Nc1nc(C(N)C(=O)O)cs1)c1ccco1. The summed E-state index contributed by atoms with van der Waals surface area (Å²) in [5.74, 6) is -0.305. The van der Waals surface area contributed by atoms with Gasteiger partial charge in [0.15, 0.2) is 5.13 Å². The summed E-state index contributed by atoms with van der Waals surface area (Å²) in [6.45, 7) is 1.93. The summed E-state index contributed by atoms with van der Waals surface area (Å²) in [5, 5.41) is 14.2. The standard InChI is InChI=1S/C11H13N3O3S/c1-6(8-3-2-4-17-8)13-11-14-7(5-18-11)9(12)10(15)16/h2-6,9H,12H2,1H3,(H,13,14)(H,15,16). The molecule has 0 aliphatic rings. The van der Waals surface area contributed by atoms with Gasteiger partial charge < -0.3 is 20.6 Å². The molecule has 0 amide bonds. The van der Waals surface area contributed by atoms with E-state index < -0.39 is 12.0 Å². The molecular formula is C11H13N3O3S. The van der Waals surface area contributed by atoms with Gasteiger partial charge in [0, 0.05) is 5.38 Å². The fraction of sp³-hybridized carbons (Fsp3) is 0.273. The van der Waals surface area contributed by atoms with E-state index in [0.717, 1.165) is 5.76 Å². The maximum Gasteiger partial charge on any atom is 0.326 e. The molecule has 2 heterocycles. The highest BCUT2D eigenvalue weighted by Crippen LogP contribution is 2.24. The van der Waals surface area contributed by atoms with Gasteiger partial charge in [-0.05, 0) is 19.1 Å². The molecule has 0 fully saturated rings. The van der Waals surface area contributed by atoms with Gasteiger partial charge in [-0.25, -0.2) is 4.98 Å². The van der Waals surface area contributed by atoms with Gasteiger partial charge >= 0.3 is 5.97 Å². The van der Waals surface area contributed by atoms with Crippen LogP contribution in [0.5, 0.6) is 0 Å². The van der Waals surface area contributed by atoms with E-state index in [0.29, 0.717) is 10.8 Å². The van der Waals surface area contributed by atoms with Gasteiger partial charge in [-0.2, -0.15) is 0 Å². The van der Waals surface area contributed by atoms with Crippen LogP contribution in [0.25, 0.3) is 0 Å². The largest absolute Gasteiger partial charge is 0.480 e. The molecule has 18 heavy (non-hydrogen) atoms. The first-order valence-corrected chi connectivity index (χ1v) is 6.19. The molecule has 2 unspecified atom stereocenters. The number of aliphatic carboxylic acids is 1. The van der Waals surface area contributed by atoms with E-state index in [9.17, 15) is 4.79 Å². The van der Waals surface area contributed by atoms with Gasteiger partial charge in [0.05, 0.1) is 18.0 Å². The van der Waals surface area contributed by atoms with E-state index in [4.69, 9.17) is 15.3 Å². The van der Waals surface area contributed by atoms with Crippen molar-refractivity contribution in [1.82, 2.24) is 4.98 Å². The van der Waals surface area contributed by atoms with E-state index in [1.165, 1.54) is 11.3 Å². The molecule has 0 aliphatic carbocycles. The lowest BCUT2D eigenvalue weighted by Crippen LogP contribution is -2.21. The zero-order valence-electron chi connectivity index (χ0n) is 9.66. The number of hydrogen-bond acceptors (Lipinski definition) is 6. The van der Waals surface area contributed by atoms with Crippen molar-refractivity contribution in [3.05, 3.63) is 35.2 Å². The van der Waals surface area contributed by atoms with E-state index in [1.54, 1.807) is 17.7 Å². The summed E-state index contributed by atoms with van der Waals surface area (Å²) in [6.07, 6.45) is 1.60. The lowest BCUT2D eigenvalue weighted by molar-refractivity contribution is -0.138. The molecule has 0 radical (unpaired) electrons. The van der Waals surface area contributed by atoms with Crippen LogP contribution in [0.4, 0.5) is 5.13 Å². The first kappa shape index (κ1) is 12.6. The average Bonchev–Trinajstić information content (AvgIpc) is 2.98. The summed E-state index contributed by atoms with van der Waals surface area (Å²) in [4.78, 5) is 14.9. The predicted octanol–water partition coefficient (Wildman–Crippen LogP) is 1.99. The third kappa shape index (κ3) is 2.69. The summed E-state index contributed by atoms with van der Waals surface area (Å²) in [6, 6.07) is 2.53. The number of nitrogens with one attached hydrogen (secondary N) is 1. The second-order valence-corrected chi connectivity index (χ2v) is 4.63. The monoisotopic (exact) mass is 267 g/mol. The van der Waals surface area contributed by atoms with Crippen molar-refractivity contribution >= 4 is 22.4 Å². The number of aromatic nitrogens is 1. The Hall–Kier alpha value is -1.86. The molecule has 6 nitrogen and oxygen atoms in total. The molecule has 4 N–H and O–H groups in total. The van der Waals surface area contributed by atoms with E-state index in [1.807, 2.05) is 13.0 Å². The van der Waals surface area contributed by atoms with Crippen molar-refractivity contribution in [2.45, 2.75) is 19.0 Å². The van der Waals surface area contributed by atoms with Crippen molar-refractivity contribution < 1.29 is 14.3 Å². The van der Waals surface area contributed by atoms with Crippen molar-refractivity contribution in [3.8, 4) is 0 Å². The molecule has 2 atom stereocenters. The second-order valence-electron chi connectivity index (χ2n) is 3.77. The third-order valence-electron chi connectivity index (χ3n) is 2.42. The van der Waals surface area contributed by atoms with Crippen LogP contribution in [0.3, 0.4) is 0 Å². The molecule has 0 aliphatic heterocycles. The molecule has 2 aromatic heterocycles. The van der Waals surface area contributed by atoms with Crippen LogP contribution < -0.4 is 11.1 Å². The smallest absolute Gasteiger partial charge is 0.326 e. The zero-order chi connectivity index (χ0) is 13.1. The molecular weight excluding hydrogens is 254 g/mol. The molecule has 0 spiro atoms. The highest BCUT2D eigenvalue weighted by molar-refractivity contribution is 7.13. The summed E-state index contributed by atoms with van der Waals surface area (Å²) in [7, 11) is 0. The van der Waals surface area contributed by atoms with E-state index in [2.05, 4.69) is 10.3 Å². The third-order valence-corrected chi connectivity index (χ3v) is 3.21. The van der Waals surface area contributed by atoms with Crippen molar-refractivity contribution in [3.63, 3.8) is 0 Å². The Morgan fingerprint density at radius 1 is 1.67 bits per heavy atom. The highest BCUT2D eigenvalue weighted by Gasteiger charge is 2.18. The number of carboxylic acids is 1. The van der Waals surface area contributed by atoms with Crippen LogP contribution >= 0.6 is 11.3 Å². The molecule has 7 heteroatoms.